The highest BCUT2D eigenvalue weighted by atomic mass is 16.3. The molecule has 0 spiro atoms. The minimum atomic E-state index is -0.389. The van der Waals surface area contributed by atoms with Crippen LogP contribution in [0.25, 0.3) is 0 Å². The van der Waals surface area contributed by atoms with Crippen LogP contribution in [0.3, 0.4) is 0 Å². The van der Waals surface area contributed by atoms with Crippen molar-refractivity contribution in [2.45, 2.75) is 33.3 Å². The van der Waals surface area contributed by atoms with Crippen molar-refractivity contribution in [3.63, 3.8) is 0 Å². The molecule has 1 heterocycles. The zero-order valence-corrected chi connectivity index (χ0v) is 10.4. The maximum Gasteiger partial charge on any atom is 0.0781 e. The third-order valence-corrected chi connectivity index (χ3v) is 3.40. The van der Waals surface area contributed by atoms with Gasteiger partial charge in [-0.25, -0.2) is 0 Å². The first-order valence-electron chi connectivity index (χ1n) is 6.01. The fraction of sp³-hybridized carbons (Fsp3) is 0.571. The van der Waals surface area contributed by atoms with Crippen LogP contribution in [0.2, 0.25) is 0 Å². The number of anilines is 1. The van der Waals surface area contributed by atoms with Crippen molar-refractivity contribution >= 4 is 5.69 Å². The molecule has 0 amide bonds. The van der Waals surface area contributed by atoms with Gasteiger partial charge >= 0.3 is 0 Å². The topological polar surface area (TPSA) is 23.5 Å². The Morgan fingerprint density at radius 3 is 2.56 bits per heavy atom. The maximum absolute atomic E-state index is 9.77. The Morgan fingerprint density at radius 2 is 2.00 bits per heavy atom. The quantitative estimate of drug-likeness (QED) is 0.826. The number of hydrogen-bond donors (Lipinski definition) is 1. The van der Waals surface area contributed by atoms with Crippen LogP contribution in [-0.2, 0) is 0 Å². The third kappa shape index (κ3) is 2.22. The highest BCUT2D eigenvalue weighted by Crippen LogP contribution is 2.35. The van der Waals surface area contributed by atoms with Crippen molar-refractivity contribution in [2.75, 3.05) is 18.0 Å². The molecule has 0 saturated carbocycles. The molecule has 1 saturated heterocycles. The summed E-state index contributed by atoms with van der Waals surface area (Å²) in [6, 6.07) is 8.17. The molecule has 0 aliphatic carbocycles. The monoisotopic (exact) mass is 219 g/mol. The highest BCUT2D eigenvalue weighted by Gasteiger charge is 2.30. The van der Waals surface area contributed by atoms with Gasteiger partial charge in [-0.2, -0.15) is 0 Å². The normalized spacial score (nSPS) is 21.1. The zero-order valence-electron chi connectivity index (χ0n) is 10.4. The molecule has 0 aromatic heterocycles. The van der Waals surface area contributed by atoms with Crippen molar-refractivity contribution < 1.29 is 5.11 Å². The van der Waals surface area contributed by atoms with E-state index in [0.29, 0.717) is 5.41 Å². The molecule has 1 N–H and O–H groups in total. The van der Waals surface area contributed by atoms with Gasteiger partial charge in [-0.15, -0.1) is 0 Å². The molecule has 0 bridgehead atoms. The minimum Gasteiger partial charge on any atom is -0.389 e. The van der Waals surface area contributed by atoms with Gasteiger partial charge in [0.2, 0.25) is 0 Å². The summed E-state index contributed by atoms with van der Waals surface area (Å²) in [5.41, 5.74) is 2.63. The minimum absolute atomic E-state index is 0.389. The van der Waals surface area contributed by atoms with Gasteiger partial charge in [0.1, 0.15) is 0 Å². The number of benzene rings is 1. The highest BCUT2D eigenvalue weighted by molar-refractivity contribution is 5.55. The molecule has 1 fully saturated rings. The fourth-order valence-electron chi connectivity index (χ4n) is 2.45. The summed E-state index contributed by atoms with van der Waals surface area (Å²) in [4.78, 5) is 2.39. The van der Waals surface area contributed by atoms with Crippen LogP contribution in [0.4, 0.5) is 5.69 Å². The molecule has 0 unspecified atom stereocenters. The van der Waals surface area contributed by atoms with Gasteiger partial charge in [0.05, 0.1) is 6.10 Å². The Bertz CT molecular complexity index is 371. The smallest absolute Gasteiger partial charge is 0.0781 e. The van der Waals surface area contributed by atoms with E-state index in [-0.39, 0.29) is 6.10 Å². The second-order valence-electron chi connectivity index (χ2n) is 5.57. The Balaban J connectivity index is 2.28. The second kappa shape index (κ2) is 4.10. The van der Waals surface area contributed by atoms with Crippen molar-refractivity contribution in [1.29, 1.82) is 0 Å². The van der Waals surface area contributed by atoms with Crippen LogP contribution >= 0.6 is 0 Å². The van der Waals surface area contributed by atoms with E-state index in [2.05, 4.69) is 24.8 Å². The first-order chi connectivity index (χ1) is 7.49. The maximum atomic E-state index is 9.77. The standard InChI is InChI=1S/C14H21NO/c1-11(16)12-6-4-5-7-13(12)15-9-8-14(2,3)10-15/h4-7,11,16H,8-10H2,1-3H3/t11-/m0/s1. The van der Waals surface area contributed by atoms with Gasteiger partial charge in [-0.1, -0.05) is 32.0 Å². The summed E-state index contributed by atoms with van der Waals surface area (Å²) in [6.45, 7) is 8.61. The van der Waals surface area contributed by atoms with E-state index in [1.807, 2.05) is 25.1 Å². The van der Waals surface area contributed by atoms with E-state index >= 15 is 0 Å². The lowest BCUT2D eigenvalue weighted by Crippen LogP contribution is -2.24. The molecule has 88 valence electrons. The molecule has 0 radical (unpaired) electrons. The number of para-hydroxylation sites is 1. The summed E-state index contributed by atoms with van der Waals surface area (Å²) in [5.74, 6) is 0. The van der Waals surface area contributed by atoms with E-state index in [1.54, 1.807) is 0 Å². The summed E-state index contributed by atoms with van der Waals surface area (Å²) in [5, 5.41) is 9.77. The van der Waals surface area contributed by atoms with Crippen molar-refractivity contribution in [2.24, 2.45) is 5.41 Å². The molecule has 1 aromatic rings. The predicted octanol–water partition coefficient (Wildman–Crippen LogP) is 2.98. The van der Waals surface area contributed by atoms with E-state index in [4.69, 9.17) is 0 Å². The molecule has 2 rings (SSSR count). The number of aliphatic hydroxyl groups is 1. The first-order valence-corrected chi connectivity index (χ1v) is 6.01. The number of rotatable bonds is 2. The summed E-state index contributed by atoms with van der Waals surface area (Å²) in [7, 11) is 0. The lowest BCUT2D eigenvalue weighted by atomic mass is 9.93. The van der Waals surface area contributed by atoms with E-state index in [0.717, 1.165) is 18.7 Å². The molecule has 2 nitrogen and oxygen atoms in total. The molecule has 1 aliphatic heterocycles. The third-order valence-electron chi connectivity index (χ3n) is 3.40. The van der Waals surface area contributed by atoms with Crippen LogP contribution in [0.15, 0.2) is 24.3 Å². The molecule has 1 aliphatic rings. The summed E-state index contributed by atoms with van der Waals surface area (Å²) >= 11 is 0. The molecular formula is C14H21NO. The van der Waals surface area contributed by atoms with Gasteiger partial charge < -0.3 is 10.0 Å². The SMILES string of the molecule is C[C@H](O)c1ccccc1N1CCC(C)(C)C1. The van der Waals surface area contributed by atoms with Gasteiger partial charge in [0, 0.05) is 24.3 Å². The Morgan fingerprint density at radius 1 is 1.31 bits per heavy atom. The Hall–Kier alpha value is -1.02. The average molecular weight is 219 g/mol. The van der Waals surface area contributed by atoms with Crippen molar-refractivity contribution in [1.82, 2.24) is 0 Å². The largest absolute Gasteiger partial charge is 0.389 e. The number of aliphatic hydroxyl groups excluding tert-OH is 1. The predicted molar refractivity (Wildman–Crippen MR) is 67.7 cm³/mol. The molecule has 1 atom stereocenters. The van der Waals surface area contributed by atoms with E-state index in [9.17, 15) is 5.11 Å². The van der Waals surface area contributed by atoms with Crippen LogP contribution in [0, 0.1) is 5.41 Å². The lowest BCUT2D eigenvalue weighted by Gasteiger charge is -2.25. The van der Waals surface area contributed by atoms with Crippen LogP contribution in [0.5, 0.6) is 0 Å². The molecule has 16 heavy (non-hydrogen) atoms. The Kier molecular flexibility index (Phi) is 2.94. The fourth-order valence-corrected chi connectivity index (χ4v) is 2.45. The molecule has 1 aromatic carbocycles. The molecular weight excluding hydrogens is 198 g/mol. The van der Waals surface area contributed by atoms with E-state index < -0.39 is 0 Å². The lowest BCUT2D eigenvalue weighted by molar-refractivity contribution is 0.199. The zero-order chi connectivity index (χ0) is 11.8. The van der Waals surface area contributed by atoms with E-state index in [1.165, 1.54) is 12.1 Å². The van der Waals surface area contributed by atoms with Gasteiger partial charge in [0.15, 0.2) is 0 Å². The van der Waals surface area contributed by atoms with Gasteiger partial charge in [-0.3, -0.25) is 0 Å². The van der Waals surface area contributed by atoms with Crippen LogP contribution in [-0.4, -0.2) is 18.2 Å². The Labute approximate surface area is 97.9 Å². The van der Waals surface area contributed by atoms with Gasteiger partial charge in [-0.05, 0) is 24.8 Å². The van der Waals surface area contributed by atoms with Crippen molar-refractivity contribution in [3.05, 3.63) is 29.8 Å². The molecule has 2 heteroatoms. The van der Waals surface area contributed by atoms with Crippen LogP contribution in [0.1, 0.15) is 38.9 Å². The summed E-state index contributed by atoms with van der Waals surface area (Å²) < 4.78 is 0. The number of hydrogen-bond acceptors (Lipinski definition) is 2. The number of nitrogens with zero attached hydrogens (tertiary/aromatic N) is 1. The average Bonchev–Trinajstić information content (AvgIpc) is 2.59. The first kappa shape index (κ1) is 11.5. The van der Waals surface area contributed by atoms with Crippen molar-refractivity contribution in [3.8, 4) is 0 Å². The van der Waals surface area contributed by atoms with Crippen LogP contribution < -0.4 is 4.90 Å². The van der Waals surface area contributed by atoms with Gasteiger partial charge in [0.25, 0.3) is 0 Å². The summed E-state index contributed by atoms with van der Waals surface area (Å²) in [6.07, 6.45) is 0.834. The second-order valence-corrected chi connectivity index (χ2v) is 5.57.